The van der Waals surface area contributed by atoms with Crippen LogP contribution < -0.4 is 5.32 Å². The molecule has 0 aliphatic rings. The van der Waals surface area contributed by atoms with Crippen molar-refractivity contribution in [3.8, 4) is 5.69 Å². The highest BCUT2D eigenvalue weighted by molar-refractivity contribution is 5.60. The van der Waals surface area contributed by atoms with Crippen molar-refractivity contribution in [3.05, 3.63) is 30.6 Å². The Bertz CT molecular complexity index is 470. The van der Waals surface area contributed by atoms with E-state index >= 15 is 0 Å². The van der Waals surface area contributed by atoms with Crippen LogP contribution in [-0.2, 0) is 9.47 Å². The minimum absolute atomic E-state index is 0.299. The normalized spacial score (nSPS) is 10.8. The molecule has 96 valence electrons. The second-order valence-electron chi connectivity index (χ2n) is 3.55. The molecule has 2 rings (SSSR count). The molecule has 0 unspecified atom stereocenters. The van der Waals surface area contributed by atoms with Crippen LogP contribution in [0.2, 0.25) is 0 Å². The molecule has 1 aromatic heterocycles. The number of para-hydroxylation sites is 2. The average Bonchev–Trinajstić information content (AvgIpc) is 2.94. The monoisotopic (exact) mass is 249 g/mol. The third-order valence-corrected chi connectivity index (χ3v) is 2.48. The quantitative estimate of drug-likeness (QED) is 0.759. The number of benzene rings is 1. The van der Waals surface area contributed by atoms with Crippen molar-refractivity contribution < 1.29 is 9.47 Å². The van der Waals surface area contributed by atoms with Crippen LogP contribution in [0.25, 0.3) is 5.69 Å². The molecule has 0 radical (unpaired) electrons. The third-order valence-electron chi connectivity index (χ3n) is 2.48. The molecule has 0 aliphatic carbocycles. The predicted octanol–water partition coefficient (Wildman–Crippen LogP) is 0.693. The first-order valence-corrected chi connectivity index (χ1v) is 5.47. The molecule has 2 aromatic rings. The summed E-state index contributed by atoms with van der Waals surface area (Å²) in [5.41, 5.74) is 1.78. The van der Waals surface area contributed by atoms with Crippen molar-refractivity contribution >= 4 is 5.69 Å². The Kier molecular flexibility index (Phi) is 4.21. The van der Waals surface area contributed by atoms with Gasteiger partial charge in [-0.3, -0.25) is 0 Å². The van der Waals surface area contributed by atoms with Crippen LogP contribution in [-0.4, -0.2) is 47.3 Å². The molecular weight excluding hydrogens is 234 g/mol. The summed E-state index contributed by atoms with van der Waals surface area (Å²) in [5.74, 6) is 0. The molecule has 0 fully saturated rings. The van der Waals surface area contributed by atoms with Crippen molar-refractivity contribution in [3.63, 3.8) is 0 Å². The Labute approximate surface area is 105 Å². The minimum atomic E-state index is -0.299. The van der Waals surface area contributed by atoms with Crippen LogP contribution in [0.1, 0.15) is 0 Å². The van der Waals surface area contributed by atoms with Crippen LogP contribution in [0.5, 0.6) is 0 Å². The highest BCUT2D eigenvalue weighted by Gasteiger charge is 2.08. The van der Waals surface area contributed by atoms with Crippen LogP contribution in [0, 0.1) is 0 Å². The number of rotatable bonds is 6. The van der Waals surface area contributed by atoms with Gasteiger partial charge < -0.3 is 14.8 Å². The topological polar surface area (TPSA) is 74.1 Å². The lowest BCUT2D eigenvalue weighted by atomic mass is 10.2. The summed E-state index contributed by atoms with van der Waals surface area (Å²) >= 11 is 0. The molecule has 1 heterocycles. The number of hydrogen-bond donors (Lipinski definition) is 1. The summed E-state index contributed by atoms with van der Waals surface area (Å²) in [4.78, 5) is 0. The lowest BCUT2D eigenvalue weighted by Crippen LogP contribution is -2.24. The molecular formula is C11H15N5O2. The summed E-state index contributed by atoms with van der Waals surface area (Å²) in [6.07, 6.45) is 1.25. The van der Waals surface area contributed by atoms with E-state index in [0.29, 0.717) is 6.54 Å². The Morgan fingerprint density at radius 1 is 1.28 bits per heavy atom. The van der Waals surface area contributed by atoms with E-state index in [1.54, 1.807) is 25.2 Å². The van der Waals surface area contributed by atoms with Gasteiger partial charge in [0.05, 0.1) is 17.9 Å². The second-order valence-corrected chi connectivity index (χ2v) is 3.55. The summed E-state index contributed by atoms with van der Waals surface area (Å²) in [5, 5.41) is 14.3. The summed E-state index contributed by atoms with van der Waals surface area (Å²) in [6.45, 7) is 0.534. The second kappa shape index (κ2) is 6.08. The summed E-state index contributed by atoms with van der Waals surface area (Å²) in [6, 6.07) is 7.73. The first-order chi connectivity index (χ1) is 8.85. The number of nitrogens with zero attached hydrogens (tertiary/aromatic N) is 4. The number of aromatic nitrogens is 4. The highest BCUT2D eigenvalue weighted by Crippen LogP contribution is 2.18. The zero-order chi connectivity index (χ0) is 12.8. The number of ether oxygens (including phenoxy) is 2. The largest absolute Gasteiger partial charge is 0.378 e. The Morgan fingerprint density at radius 2 is 2.06 bits per heavy atom. The van der Waals surface area contributed by atoms with Crippen LogP contribution >= 0.6 is 0 Å². The first kappa shape index (κ1) is 12.5. The van der Waals surface area contributed by atoms with E-state index < -0.39 is 0 Å². The van der Waals surface area contributed by atoms with E-state index in [1.165, 1.54) is 0 Å². The molecule has 0 aliphatic heterocycles. The molecule has 1 N–H and O–H groups in total. The van der Waals surface area contributed by atoms with Gasteiger partial charge in [0.25, 0.3) is 0 Å². The smallest absolute Gasteiger partial charge is 0.173 e. The van der Waals surface area contributed by atoms with Crippen molar-refractivity contribution in [2.75, 3.05) is 26.1 Å². The Hall–Kier alpha value is -1.99. The fourth-order valence-corrected chi connectivity index (χ4v) is 1.55. The van der Waals surface area contributed by atoms with Gasteiger partial charge in [-0.15, -0.1) is 5.10 Å². The average molecular weight is 249 g/mol. The maximum atomic E-state index is 5.12. The molecule has 1 aromatic carbocycles. The molecule has 7 heteroatoms. The molecule has 0 saturated heterocycles. The lowest BCUT2D eigenvalue weighted by molar-refractivity contribution is -0.0914. The van der Waals surface area contributed by atoms with Crippen molar-refractivity contribution in [1.82, 2.24) is 20.2 Å². The molecule has 0 spiro atoms. The van der Waals surface area contributed by atoms with Gasteiger partial charge >= 0.3 is 0 Å². The molecule has 0 amide bonds. The molecule has 7 nitrogen and oxygen atoms in total. The van der Waals surface area contributed by atoms with Gasteiger partial charge in [-0.2, -0.15) is 4.68 Å². The maximum Gasteiger partial charge on any atom is 0.173 e. The number of anilines is 1. The highest BCUT2D eigenvalue weighted by atomic mass is 16.7. The van der Waals surface area contributed by atoms with Crippen molar-refractivity contribution in [2.45, 2.75) is 6.29 Å². The summed E-state index contributed by atoms with van der Waals surface area (Å²) < 4.78 is 11.8. The Balaban J connectivity index is 2.13. The van der Waals surface area contributed by atoms with Crippen molar-refractivity contribution in [2.24, 2.45) is 0 Å². The van der Waals surface area contributed by atoms with Gasteiger partial charge in [0.1, 0.15) is 6.33 Å². The van der Waals surface area contributed by atoms with E-state index in [9.17, 15) is 0 Å². The standard InChI is InChI=1S/C11H15N5O2/c1-17-11(18-2)7-12-9-5-3-4-6-10(9)16-8-13-14-15-16/h3-6,8,11-12H,7H2,1-2H3. The van der Waals surface area contributed by atoms with E-state index in [-0.39, 0.29) is 6.29 Å². The Morgan fingerprint density at radius 3 is 2.72 bits per heavy atom. The molecule has 0 atom stereocenters. The lowest BCUT2D eigenvalue weighted by Gasteiger charge is -2.16. The molecule has 0 saturated carbocycles. The zero-order valence-electron chi connectivity index (χ0n) is 10.3. The number of hydrogen-bond acceptors (Lipinski definition) is 6. The third kappa shape index (κ3) is 2.82. The van der Waals surface area contributed by atoms with Gasteiger partial charge in [0.2, 0.25) is 0 Å². The SMILES string of the molecule is COC(CNc1ccccc1-n1cnnn1)OC. The van der Waals surface area contributed by atoms with Crippen LogP contribution in [0.3, 0.4) is 0 Å². The van der Waals surface area contributed by atoms with E-state index in [0.717, 1.165) is 11.4 Å². The van der Waals surface area contributed by atoms with Gasteiger partial charge in [-0.05, 0) is 22.6 Å². The number of nitrogens with one attached hydrogen (secondary N) is 1. The zero-order valence-corrected chi connectivity index (χ0v) is 10.3. The summed E-state index contributed by atoms with van der Waals surface area (Å²) in [7, 11) is 3.20. The van der Waals surface area contributed by atoms with Crippen LogP contribution in [0.15, 0.2) is 30.6 Å². The first-order valence-electron chi connectivity index (χ1n) is 5.47. The number of tetrazole rings is 1. The van der Waals surface area contributed by atoms with E-state index in [4.69, 9.17) is 9.47 Å². The number of methoxy groups -OCH3 is 2. The van der Waals surface area contributed by atoms with Gasteiger partial charge in [-0.25, -0.2) is 0 Å². The minimum Gasteiger partial charge on any atom is -0.378 e. The van der Waals surface area contributed by atoms with Crippen LogP contribution in [0.4, 0.5) is 5.69 Å². The molecule has 18 heavy (non-hydrogen) atoms. The fourth-order valence-electron chi connectivity index (χ4n) is 1.55. The fraction of sp³-hybridized carbons (Fsp3) is 0.364. The van der Waals surface area contributed by atoms with Gasteiger partial charge in [-0.1, -0.05) is 12.1 Å². The van der Waals surface area contributed by atoms with E-state index in [1.807, 2.05) is 24.3 Å². The maximum absolute atomic E-state index is 5.12. The van der Waals surface area contributed by atoms with E-state index in [2.05, 4.69) is 20.8 Å². The van der Waals surface area contributed by atoms with Gasteiger partial charge in [0.15, 0.2) is 6.29 Å². The van der Waals surface area contributed by atoms with Gasteiger partial charge in [0, 0.05) is 14.2 Å². The molecule has 0 bridgehead atoms. The van der Waals surface area contributed by atoms with Crippen molar-refractivity contribution in [1.29, 1.82) is 0 Å². The predicted molar refractivity (Wildman–Crippen MR) is 65.4 cm³/mol.